The van der Waals surface area contributed by atoms with Gasteiger partial charge in [0.15, 0.2) is 12.2 Å². The minimum absolute atomic E-state index is 0.00646. The Balaban J connectivity index is 5.52. The van der Waals surface area contributed by atoms with Crippen LogP contribution in [-0.2, 0) is 65.4 Å². The van der Waals surface area contributed by atoms with Gasteiger partial charge < -0.3 is 33.8 Å². The maximum Gasteiger partial charge on any atom is 0.472 e. The summed E-state index contributed by atoms with van der Waals surface area (Å²) >= 11 is 0. The van der Waals surface area contributed by atoms with Crippen LogP contribution in [0.4, 0.5) is 0 Å². The summed E-state index contributed by atoms with van der Waals surface area (Å²) in [7, 11) is -10.0. The van der Waals surface area contributed by atoms with Crippen molar-refractivity contribution in [3.05, 3.63) is 182 Å². The highest BCUT2D eigenvalue weighted by molar-refractivity contribution is 7.47. The number of phosphoric ester groups is 2. The summed E-state index contributed by atoms with van der Waals surface area (Å²) in [5.41, 5.74) is 0. The zero-order chi connectivity index (χ0) is 78.9. The second-order valence-corrected chi connectivity index (χ2v) is 29.5. The normalized spacial score (nSPS) is 14.8. The molecule has 0 aromatic heterocycles. The Morgan fingerprint density at radius 2 is 0.509 bits per heavy atom. The third kappa shape index (κ3) is 78.3. The lowest BCUT2D eigenvalue weighted by Gasteiger charge is -2.21. The summed E-state index contributed by atoms with van der Waals surface area (Å²) in [6.07, 6.45) is 96.0. The first-order valence-corrected chi connectivity index (χ1v) is 44.0. The smallest absolute Gasteiger partial charge is 0.462 e. The van der Waals surface area contributed by atoms with Crippen LogP contribution in [0.3, 0.4) is 0 Å². The highest BCUT2D eigenvalue weighted by atomic mass is 31.2. The first kappa shape index (κ1) is 102. The molecule has 3 N–H and O–H groups in total. The Kier molecular flexibility index (Phi) is 75.0. The molecule has 5 unspecified atom stereocenters. The monoisotopic (exact) mass is 1550 g/mol. The average molecular weight is 1550 g/mol. The number of hydrogen-bond acceptors (Lipinski definition) is 15. The van der Waals surface area contributed by atoms with E-state index in [9.17, 15) is 43.2 Å². The fraction of sp³-hybridized carbons (Fsp3) is 0.618. The summed E-state index contributed by atoms with van der Waals surface area (Å²) in [6.45, 7) is 4.36. The molecule has 0 amide bonds. The second-order valence-electron chi connectivity index (χ2n) is 26.6. The molecule has 0 aromatic carbocycles. The zero-order valence-corrected chi connectivity index (χ0v) is 68.7. The maximum atomic E-state index is 13.1. The van der Waals surface area contributed by atoms with Crippen LogP contribution < -0.4 is 0 Å². The van der Waals surface area contributed by atoms with Crippen molar-refractivity contribution in [1.82, 2.24) is 0 Å². The van der Waals surface area contributed by atoms with Crippen molar-refractivity contribution >= 4 is 39.5 Å². The van der Waals surface area contributed by atoms with Gasteiger partial charge in [-0.05, 0) is 141 Å². The van der Waals surface area contributed by atoms with E-state index < -0.39 is 97.5 Å². The number of phosphoric acid groups is 2. The fourth-order valence-corrected chi connectivity index (χ4v) is 11.9. The van der Waals surface area contributed by atoms with E-state index in [-0.39, 0.29) is 25.7 Å². The topological polar surface area (TPSA) is 237 Å². The van der Waals surface area contributed by atoms with Crippen LogP contribution in [0.15, 0.2) is 182 Å². The number of carbonyl (C=O) groups is 4. The first-order valence-electron chi connectivity index (χ1n) is 41.0. The number of aliphatic hydroxyl groups is 1. The van der Waals surface area contributed by atoms with Crippen molar-refractivity contribution in [2.24, 2.45) is 0 Å². The van der Waals surface area contributed by atoms with Gasteiger partial charge in [-0.3, -0.25) is 37.3 Å². The van der Waals surface area contributed by atoms with E-state index in [4.69, 9.17) is 37.0 Å². The standard InChI is InChI=1S/C89H144O17P2/c1-5-9-13-17-21-25-29-33-37-40-41-44-47-50-54-58-62-66-70-74-87(92)100-80-85(106-89(94)76-72-68-64-60-56-52-48-43-39-35-31-27-23-19-15-11-7-3)82-104-108(97,98)102-78-83(90)77-101-107(95,96)103-81-84(105-88(93)75-71-67-63-59-55-51-45-36-32-28-24-20-16-12-8-4)79-99-86(91)73-69-65-61-57-53-49-46-42-38-34-30-26-22-18-14-10-6-2/h9-11,13-15,21-23,25-27,33-35,37-39,41,44,46,48-50,52,54,60,62,64,66,83-85,90H,5-8,12,16-20,24,28-32,36,40,42-43,45,47,51,53,55-59,61,63,65,67-82H2,1-4H3,(H,95,96)(H,97,98)/b13-9-,14-10-,15-11-,25-21-,26-22-,27-23-,37-33-,38-34-,39-35-,44-41-,49-46-,52-48-,54-50-,64-60-,66-62-. The van der Waals surface area contributed by atoms with Crippen LogP contribution >= 0.6 is 15.6 Å². The van der Waals surface area contributed by atoms with E-state index in [0.29, 0.717) is 38.5 Å². The average Bonchev–Trinajstić information content (AvgIpc) is 0.906. The van der Waals surface area contributed by atoms with E-state index in [1.165, 1.54) is 64.2 Å². The number of esters is 4. The molecule has 0 bridgehead atoms. The Labute approximate surface area is 654 Å². The van der Waals surface area contributed by atoms with Crippen LogP contribution in [0.5, 0.6) is 0 Å². The van der Waals surface area contributed by atoms with Crippen LogP contribution in [0, 0.1) is 0 Å². The molecule has 17 nitrogen and oxygen atoms in total. The largest absolute Gasteiger partial charge is 0.472 e. The lowest BCUT2D eigenvalue weighted by Crippen LogP contribution is -2.30. The van der Waals surface area contributed by atoms with Crippen LogP contribution in [0.25, 0.3) is 0 Å². The van der Waals surface area contributed by atoms with Gasteiger partial charge in [0.25, 0.3) is 0 Å². The molecule has 0 heterocycles. The van der Waals surface area contributed by atoms with Crippen molar-refractivity contribution in [1.29, 1.82) is 0 Å². The Bertz CT molecular complexity index is 2760. The molecule has 0 aliphatic rings. The number of rotatable bonds is 75. The van der Waals surface area contributed by atoms with E-state index in [0.717, 1.165) is 141 Å². The Morgan fingerprint density at radius 3 is 0.833 bits per heavy atom. The highest BCUT2D eigenvalue weighted by Gasteiger charge is 2.30. The molecule has 0 rings (SSSR count). The molecule has 19 heteroatoms. The molecule has 0 aliphatic heterocycles. The van der Waals surface area contributed by atoms with Crippen molar-refractivity contribution in [3.63, 3.8) is 0 Å². The van der Waals surface area contributed by atoms with Crippen LogP contribution in [0.1, 0.15) is 297 Å². The third-order valence-electron chi connectivity index (χ3n) is 16.4. The van der Waals surface area contributed by atoms with Gasteiger partial charge in [0.1, 0.15) is 19.3 Å². The highest BCUT2D eigenvalue weighted by Crippen LogP contribution is 2.45. The molecule has 0 aliphatic carbocycles. The van der Waals surface area contributed by atoms with Crippen LogP contribution in [-0.4, -0.2) is 96.7 Å². The maximum absolute atomic E-state index is 13.1. The van der Waals surface area contributed by atoms with Crippen LogP contribution in [0.2, 0.25) is 0 Å². The quantitative estimate of drug-likeness (QED) is 0.0169. The number of allylic oxidation sites excluding steroid dienone is 30. The van der Waals surface area contributed by atoms with Crippen molar-refractivity contribution in [2.45, 2.75) is 316 Å². The second kappa shape index (κ2) is 79.3. The summed E-state index contributed by atoms with van der Waals surface area (Å²) in [6, 6.07) is 0. The Hall–Kier alpha value is -5.84. The predicted octanol–water partition coefficient (Wildman–Crippen LogP) is 24.3. The van der Waals surface area contributed by atoms with Gasteiger partial charge in [-0.25, -0.2) is 9.13 Å². The molecule has 0 fully saturated rings. The van der Waals surface area contributed by atoms with E-state index in [1.807, 2.05) is 30.4 Å². The van der Waals surface area contributed by atoms with E-state index >= 15 is 0 Å². The van der Waals surface area contributed by atoms with Gasteiger partial charge in [-0.2, -0.15) is 0 Å². The number of unbranched alkanes of at least 4 members (excludes halogenated alkanes) is 19. The van der Waals surface area contributed by atoms with Gasteiger partial charge in [-0.1, -0.05) is 313 Å². The molecule has 0 radical (unpaired) electrons. The molecule has 108 heavy (non-hydrogen) atoms. The van der Waals surface area contributed by atoms with Gasteiger partial charge >= 0.3 is 39.5 Å². The van der Waals surface area contributed by atoms with Gasteiger partial charge in [-0.15, -0.1) is 0 Å². The SMILES string of the molecule is CC/C=C\C/C=C\C/C=C\C/C=C\C/C=C\C/C=C\CCC(=O)OCC(COP(=O)(O)OCC(O)COP(=O)(O)OCC(COC(=O)CCCCCC/C=C\C/C=C\C/C=C\C/C=C\CC)OC(=O)CCCCCCCCCCCCCCCCC)OC(=O)CCC/C=C\C/C=C\C/C=C\C/C=C\C/C=C\CC. The third-order valence-corrected chi connectivity index (χ3v) is 18.3. The Morgan fingerprint density at radius 1 is 0.269 bits per heavy atom. The molecular weight excluding hydrogens is 1400 g/mol. The van der Waals surface area contributed by atoms with E-state index in [2.05, 4.69) is 180 Å². The minimum Gasteiger partial charge on any atom is -0.462 e. The minimum atomic E-state index is -5.02. The summed E-state index contributed by atoms with van der Waals surface area (Å²) in [5, 5.41) is 10.7. The van der Waals surface area contributed by atoms with E-state index in [1.54, 1.807) is 0 Å². The molecule has 0 spiro atoms. The van der Waals surface area contributed by atoms with Crippen molar-refractivity contribution in [2.75, 3.05) is 39.6 Å². The molecule has 5 atom stereocenters. The molecule has 0 saturated heterocycles. The summed E-state index contributed by atoms with van der Waals surface area (Å²) in [5.74, 6) is -2.38. The van der Waals surface area contributed by atoms with Crippen molar-refractivity contribution < 1.29 is 80.2 Å². The lowest BCUT2D eigenvalue weighted by atomic mass is 10.0. The number of hydrogen-bond donors (Lipinski definition) is 3. The van der Waals surface area contributed by atoms with Crippen molar-refractivity contribution in [3.8, 4) is 0 Å². The predicted molar refractivity (Wildman–Crippen MR) is 445 cm³/mol. The zero-order valence-electron chi connectivity index (χ0n) is 66.9. The number of aliphatic hydroxyl groups excluding tert-OH is 1. The number of ether oxygens (including phenoxy) is 4. The summed E-state index contributed by atoms with van der Waals surface area (Å²) < 4.78 is 68.5. The molecule has 0 aromatic rings. The van der Waals surface area contributed by atoms with Gasteiger partial charge in [0.2, 0.25) is 0 Å². The molecule has 0 saturated carbocycles. The summed E-state index contributed by atoms with van der Waals surface area (Å²) in [4.78, 5) is 73.1. The first-order chi connectivity index (χ1) is 52.7. The lowest BCUT2D eigenvalue weighted by molar-refractivity contribution is -0.161. The van der Waals surface area contributed by atoms with Gasteiger partial charge in [0, 0.05) is 25.7 Å². The molecular formula is C89H144O17P2. The van der Waals surface area contributed by atoms with Gasteiger partial charge in [0.05, 0.1) is 26.4 Å². The number of carbonyl (C=O) groups excluding carboxylic acids is 4. The molecule has 612 valence electrons. The fourth-order valence-electron chi connectivity index (χ4n) is 10.3.